The van der Waals surface area contributed by atoms with Gasteiger partial charge in [-0.2, -0.15) is 0 Å². The van der Waals surface area contributed by atoms with E-state index in [0.717, 1.165) is 11.3 Å². The molecule has 0 spiro atoms. The van der Waals surface area contributed by atoms with Crippen molar-refractivity contribution in [3.8, 4) is 0 Å². The van der Waals surface area contributed by atoms with Gasteiger partial charge in [0.15, 0.2) is 0 Å². The highest BCUT2D eigenvalue weighted by Crippen LogP contribution is 2.17. The SMILES string of the molecule is CN(C(=O)c1cnc(NCc2ccccc2Cl)cn1)c1ccccc1. The van der Waals surface area contributed by atoms with Crippen LogP contribution in [0.1, 0.15) is 16.1 Å². The normalized spacial score (nSPS) is 10.3. The highest BCUT2D eigenvalue weighted by Gasteiger charge is 2.15. The lowest BCUT2D eigenvalue weighted by molar-refractivity contribution is 0.0988. The summed E-state index contributed by atoms with van der Waals surface area (Å²) in [6.07, 6.45) is 3.01. The molecule has 0 radical (unpaired) electrons. The Hall–Kier alpha value is -2.92. The molecular weight excluding hydrogens is 336 g/mol. The first kappa shape index (κ1) is 16.9. The number of carbonyl (C=O) groups is 1. The second-order valence-corrected chi connectivity index (χ2v) is 5.84. The van der Waals surface area contributed by atoms with Gasteiger partial charge in [-0.3, -0.25) is 4.79 Å². The molecule has 1 amide bonds. The third kappa shape index (κ3) is 4.14. The molecule has 1 aromatic heterocycles. The molecule has 0 saturated carbocycles. The summed E-state index contributed by atoms with van der Waals surface area (Å²) in [5, 5.41) is 3.84. The number of aromatic nitrogens is 2. The number of amides is 1. The van der Waals surface area contributed by atoms with Crippen LogP contribution in [0.5, 0.6) is 0 Å². The van der Waals surface area contributed by atoms with Crippen LogP contribution >= 0.6 is 11.6 Å². The van der Waals surface area contributed by atoms with Crippen LogP contribution in [0.15, 0.2) is 67.0 Å². The Morgan fingerprint density at radius 1 is 1.04 bits per heavy atom. The van der Waals surface area contributed by atoms with Crippen molar-refractivity contribution in [1.29, 1.82) is 0 Å². The first-order chi connectivity index (χ1) is 12.1. The van der Waals surface area contributed by atoms with E-state index < -0.39 is 0 Å². The number of rotatable bonds is 5. The Morgan fingerprint density at radius 3 is 2.44 bits per heavy atom. The maximum absolute atomic E-state index is 12.5. The number of anilines is 2. The molecule has 0 saturated heterocycles. The van der Waals surface area contributed by atoms with Crippen LogP contribution in [-0.4, -0.2) is 22.9 Å². The predicted molar refractivity (Wildman–Crippen MR) is 100.0 cm³/mol. The van der Waals surface area contributed by atoms with E-state index in [1.54, 1.807) is 18.1 Å². The Morgan fingerprint density at radius 2 is 1.76 bits per heavy atom. The summed E-state index contributed by atoms with van der Waals surface area (Å²) in [6, 6.07) is 17.0. The summed E-state index contributed by atoms with van der Waals surface area (Å²) in [5.74, 6) is 0.371. The van der Waals surface area contributed by atoms with Crippen molar-refractivity contribution in [2.75, 3.05) is 17.3 Å². The summed E-state index contributed by atoms with van der Waals surface area (Å²) in [5.41, 5.74) is 2.06. The molecular formula is C19H17ClN4O. The van der Waals surface area contributed by atoms with Gasteiger partial charge in [0, 0.05) is 24.3 Å². The topological polar surface area (TPSA) is 58.1 Å². The summed E-state index contributed by atoms with van der Waals surface area (Å²) < 4.78 is 0. The van der Waals surface area contributed by atoms with Gasteiger partial charge in [0.25, 0.3) is 5.91 Å². The minimum atomic E-state index is -0.212. The molecule has 0 aliphatic rings. The maximum Gasteiger partial charge on any atom is 0.278 e. The number of para-hydroxylation sites is 1. The second kappa shape index (κ2) is 7.77. The highest BCUT2D eigenvalue weighted by atomic mass is 35.5. The van der Waals surface area contributed by atoms with Gasteiger partial charge in [-0.25, -0.2) is 9.97 Å². The number of benzene rings is 2. The number of hydrogen-bond acceptors (Lipinski definition) is 4. The standard InChI is InChI=1S/C19H17ClN4O/c1-24(15-8-3-2-4-9-15)19(25)17-12-23-18(13-21-17)22-11-14-7-5-6-10-16(14)20/h2-10,12-13H,11H2,1H3,(H,22,23). The number of halogens is 1. The molecule has 0 bridgehead atoms. The molecule has 2 aromatic carbocycles. The number of carbonyl (C=O) groups excluding carboxylic acids is 1. The van der Waals surface area contributed by atoms with Crippen molar-refractivity contribution in [1.82, 2.24) is 9.97 Å². The minimum Gasteiger partial charge on any atom is -0.365 e. The molecule has 0 unspecified atom stereocenters. The van der Waals surface area contributed by atoms with Gasteiger partial charge in [0.2, 0.25) is 0 Å². The molecule has 6 heteroatoms. The van der Waals surface area contributed by atoms with Gasteiger partial charge >= 0.3 is 0 Å². The predicted octanol–water partition coefficient (Wildman–Crippen LogP) is 4.02. The van der Waals surface area contributed by atoms with Crippen molar-refractivity contribution >= 4 is 29.0 Å². The summed E-state index contributed by atoms with van der Waals surface area (Å²) in [4.78, 5) is 22.5. The van der Waals surface area contributed by atoms with Gasteiger partial charge in [0.05, 0.1) is 12.4 Å². The molecule has 3 rings (SSSR count). The minimum absolute atomic E-state index is 0.212. The third-order valence-corrected chi connectivity index (χ3v) is 4.11. The summed E-state index contributed by atoms with van der Waals surface area (Å²) >= 11 is 6.12. The van der Waals surface area contributed by atoms with E-state index in [0.29, 0.717) is 17.4 Å². The zero-order chi connectivity index (χ0) is 17.6. The highest BCUT2D eigenvalue weighted by molar-refractivity contribution is 6.31. The molecule has 1 N–H and O–H groups in total. The van der Waals surface area contributed by atoms with Crippen LogP contribution in [0.3, 0.4) is 0 Å². The van der Waals surface area contributed by atoms with Gasteiger partial charge in [-0.15, -0.1) is 0 Å². The lowest BCUT2D eigenvalue weighted by Crippen LogP contribution is -2.27. The molecule has 25 heavy (non-hydrogen) atoms. The molecule has 5 nitrogen and oxygen atoms in total. The molecule has 3 aromatic rings. The molecule has 0 atom stereocenters. The number of nitrogens with zero attached hydrogens (tertiary/aromatic N) is 3. The zero-order valence-corrected chi connectivity index (χ0v) is 14.4. The van der Waals surface area contributed by atoms with Crippen molar-refractivity contribution in [3.05, 3.63) is 83.3 Å². The van der Waals surface area contributed by atoms with Crippen LogP contribution in [0.4, 0.5) is 11.5 Å². The van der Waals surface area contributed by atoms with Crippen molar-refractivity contribution < 1.29 is 4.79 Å². The van der Waals surface area contributed by atoms with Gasteiger partial charge in [0.1, 0.15) is 11.5 Å². The molecule has 0 aliphatic heterocycles. The lowest BCUT2D eigenvalue weighted by Gasteiger charge is -2.16. The monoisotopic (exact) mass is 352 g/mol. The molecule has 0 fully saturated rings. The van der Waals surface area contributed by atoms with Crippen molar-refractivity contribution in [2.24, 2.45) is 0 Å². The second-order valence-electron chi connectivity index (χ2n) is 5.43. The third-order valence-electron chi connectivity index (χ3n) is 3.74. The van der Waals surface area contributed by atoms with Gasteiger partial charge in [-0.1, -0.05) is 48.0 Å². The van der Waals surface area contributed by atoms with Crippen molar-refractivity contribution in [2.45, 2.75) is 6.54 Å². The van der Waals surface area contributed by atoms with Crippen LogP contribution in [-0.2, 0) is 6.54 Å². The Balaban J connectivity index is 1.66. The fourth-order valence-corrected chi connectivity index (χ4v) is 2.50. The fraction of sp³-hybridized carbons (Fsp3) is 0.105. The van der Waals surface area contributed by atoms with E-state index in [2.05, 4.69) is 15.3 Å². The van der Waals surface area contributed by atoms with E-state index in [-0.39, 0.29) is 11.6 Å². The van der Waals surface area contributed by atoms with E-state index >= 15 is 0 Å². The van der Waals surface area contributed by atoms with E-state index in [1.807, 2.05) is 54.6 Å². The maximum atomic E-state index is 12.5. The Kier molecular flexibility index (Phi) is 5.26. The van der Waals surface area contributed by atoms with Gasteiger partial charge < -0.3 is 10.2 Å². The van der Waals surface area contributed by atoms with Crippen LogP contribution < -0.4 is 10.2 Å². The molecule has 0 aliphatic carbocycles. The average molecular weight is 353 g/mol. The lowest BCUT2D eigenvalue weighted by atomic mass is 10.2. The summed E-state index contributed by atoms with van der Waals surface area (Å²) in [7, 11) is 1.71. The Bertz CT molecular complexity index is 853. The van der Waals surface area contributed by atoms with E-state index in [1.165, 1.54) is 6.20 Å². The van der Waals surface area contributed by atoms with Crippen LogP contribution in [0, 0.1) is 0 Å². The quantitative estimate of drug-likeness (QED) is 0.753. The van der Waals surface area contributed by atoms with Crippen LogP contribution in [0.25, 0.3) is 0 Å². The fourth-order valence-electron chi connectivity index (χ4n) is 2.30. The summed E-state index contributed by atoms with van der Waals surface area (Å²) in [6.45, 7) is 0.533. The first-order valence-corrected chi connectivity index (χ1v) is 8.15. The van der Waals surface area contributed by atoms with Gasteiger partial charge in [-0.05, 0) is 23.8 Å². The number of hydrogen-bond donors (Lipinski definition) is 1. The van der Waals surface area contributed by atoms with Crippen molar-refractivity contribution in [3.63, 3.8) is 0 Å². The Labute approximate surface area is 151 Å². The molecule has 1 heterocycles. The molecule has 126 valence electrons. The first-order valence-electron chi connectivity index (χ1n) is 7.77. The largest absolute Gasteiger partial charge is 0.365 e. The smallest absolute Gasteiger partial charge is 0.278 e. The average Bonchev–Trinajstić information content (AvgIpc) is 2.67. The zero-order valence-electron chi connectivity index (χ0n) is 13.7. The van der Waals surface area contributed by atoms with E-state index in [9.17, 15) is 4.79 Å². The van der Waals surface area contributed by atoms with E-state index in [4.69, 9.17) is 11.6 Å². The number of nitrogens with one attached hydrogen (secondary N) is 1. The van der Waals surface area contributed by atoms with Crippen LogP contribution in [0.2, 0.25) is 5.02 Å².